The average Bonchev–Trinajstić information content (AvgIpc) is 2.64. The lowest BCUT2D eigenvalue weighted by Crippen LogP contribution is -2.49. The van der Waals surface area contributed by atoms with Gasteiger partial charge in [-0.15, -0.1) is 0 Å². The van der Waals surface area contributed by atoms with E-state index in [9.17, 15) is 4.79 Å². The highest BCUT2D eigenvalue weighted by Gasteiger charge is 2.21. The molecule has 3 rings (SSSR count). The van der Waals surface area contributed by atoms with Gasteiger partial charge in [0.05, 0.1) is 13.5 Å². The van der Waals surface area contributed by atoms with Crippen LogP contribution in [0.2, 0.25) is 0 Å². The van der Waals surface area contributed by atoms with Crippen molar-refractivity contribution in [3.05, 3.63) is 58.6 Å². The largest absolute Gasteiger partial charge is 0.497 e. The van der Waals surface area contributed by atoms with Crippen molar-refractivity contribution in [3.63, 3.8) is 0 Å². The van der Waals surface area contributed by atoms with E-state index in [1.54, 1.807) is 7.11 Å². The molecule has 0 atom stereocenters. The van der Waals surface area contributed by atoms with E-state index in [1.165, 1.54) is 5.69 Å². The lowest BCUT2D eigenvalue weighted by molar-refractivity contribution is -0.130. The summed E-state index contributed by atoms with van der Waals surface area (Å²) in [6, 6.07) is 16.0. The molecule has 0 spiro atoms. The van der Waals surface area contributed by atoms with Gasteiger partial charge in [0.1, 0.15) is 5.75 Å². The molecule has 1 fully saturated rings. The summed E-state index contributed by atoms with van der Waals surface area (Å²) in [5, 5.41) is 0. The molecule has 4 nitrogen and oxygen atoms in total. The van der Waals surface area contributed by atoms with Crippen LogP contribution in [0.5, 0.6) is 5.75 Å². The van der Waals surface area contributed by atoms with E-state index in [0.717, 1.165) is 42.0 Å². The highest BCUT2D eigenvalue weighted by molar-refractivity contribution is 9.10. The van der Waals surface area contributed by atoms with Crippen LogP contribution in [0.3, 0.4) is 0 Å². The standard InChI is InChI=1S/C19H21BrN2O2/c1-24-17-8-6-16(7-9-17)21-10-12-22(13-11-21)19(23)14-15-4-2-3-5-18(15)20/h2-9H,10-14H2,1H3. The quantitative estimate of drug-likeness (QED) is 0.804. The molecule has 0 saturated carbocycles. The molecular formula is C19H21BrN2O2. The van der Waals surface area contributed by atoms with Gasteiger partial charge in [0, 0.05) is 36.3 Å². The Kier molecular flexibility index (Phi) is 5.41. The second kappa shape index (κ2) is 7.71. The second-order valence-corrected chi connectivity index (χ2v) is 6.69. The third kappa shape index (κ3) is 3.90. The third-order valence-electron chi connectivity index (χ3n) is 4.37. The van der Waals surface area contributed by atoms with E-state index in [-0.39, 0.29) is 5.91 Å². The third-order valence-corrected chi connectivity index (χ3v) is 5.14. The molecule has 1 heterocycles. The Balaban J connectivity index is 1.56. The summed E-state index contributed by atoms with van der Waals surface area (Å²) in [6.45, 7) is 3.23. The molecule has 2 aromatic rings. The Morgan fingerprint density at radius 2 is 1.71 bits per heavy atom. The molecule has 0 aliphatic carbocycles. The predicted octanol–water partition coefficient (Wildman–Crippen LogP) is 3.35. The zero-order valence-corrected chi connectivity index (χ0v) is 15.3. The van der Waals surface area contributed by atoms with Gasteiger partial charge in [0.25, 0.3) is 0 Å². The molecular weight excluding hydrogens is 368 g/mol. The maximum Gasteiger partial charge on any atom is 0.227 e. The van der Waals surface area contributed by atoms with E-state index in [0.29, 0.717) is 6.42 Å². The van der Waals surface area contributed by atoms with Crippen molar-refractivity contribution in [2.24, 2.45) is 0 Å². The number of methoxy groups -OCH3 is 1. The highest BCUT2D eigenvalue weighted by atomic mass is 79.9. The summed E-state index contributed by atoms with van der Waals surface area (Å²) < 4.78 is 6.19. The molecule has 0 unspecified atom stereocenters. The summed E-state index contributed by atoms with van der Waals surface area (Å²) in [6.07, 6.45) is 0.448. The van der Waals surface area contributed by atoms with Crippen molar-refractivity contribution in [2.45, 2.75) is 6.42 Å². The minimum absolute atomic E-state index is 0.191. The van der Waals surface area contributed by atoms with Crippen molar-refractivity contribution < 1.29 is 9.53 Å². The fraction of sp³-hybridized carbons (Fsp3) is 0.316. The maximum atomic E-state index is 12.5. The molecule has 0 aromatic heterocycles. The Morgan fingerprint density at radius 1 is 1.04 bits per heavy atom. The number of hydrogen-bond donors (Lipinski definition) is 0. The molecule has 2 aromatic carbocycles. The number of nitrogens with zero attached hydrogens (tertiary/aromatic N) is 2. The van der Waals surface area contributed by atoms with Crippen LogP contribution in [0.15, 0.2) is 53.0 Å². The van der Waals surface area contributed by atoms with Crippen molar-refractivity contribution in [2.75, 3.05) is 38.2 Å². The Labute approximate surface area is 151 Å². The van der Waals surface area contributed by atoms with Gasteiger partial charge in [-0.05, 0) is 35.9 Å². The van der Waals surface area contributed by atoms with Crippen LogP contribution < -0.4 is 9.64 Å². The Hall–Kier alpha value is -2.01. The number of hydrogen-bond acceptors (Lipinski definition) is 3. The lowest BCUT2D eigenvalue weighted by atomic mass is 10.1. The summed E-state index contributed by atoms with van der Waals surface area (Å²) in [4.78, 5) is 16.8. The first-order valence-corrected chi connectivity index (χ1v) is 8.87. The predicted molar refractivity (Wildman–Crippen MR) is 99.6 cm³/mol. The van der Waals surface area contributed by atoms with Crippen molar-refractivity contribution >= 4 is 27.5 Å². The van der Waals surface area contributed by atoms with E-state index in [2.05, 4.69) is 33.0 Å². The second-order valence-electron chi connectivity index (χ2n) is 5.83. The van der Waals surface area contributed by atoms with Gasteiger partial charge in [-0.1, -0.05) is 34.1 Å². The summed E-state index contributed by atoms with van der Waals surface area (Å²) in [5.41, 5.74) is 2.22. The molecule has 1 aliphatic rings. The fourth-order valence-electron chi connectivity index (χ4n) is 2.92. The van der Waals surface area contributed by atoms with Gasteiger partial charge in [-0.2, -0.15) is 0 Å². The number of ether oxygens (including phenoxy) is 1. The number of amides is 1. The Morgan fingerprint density at radius 3 is 2.33 bits per heavy atom. The fourth-order valence-corrected chi connectivity index (χ4v) is 3.35. The molecule has 0 N–H and O–H groups in total. The summed E-state index contributed by atoms with van der Waals surface area (Å²) >= 11 is 3.51. The number of piperazine rings is 1. The first kappa shape index (κ1) is 16.8. The maximum absolute atomic E-state index is 12.5. The number of anilines is 1. The first-order chi connectivity index (χ1) is 11.7. The minimum Gasteiger partial charge on any atom is -0.497 e. The zero-order valence-electron chi connectivity index (χ0n) is 13.7. The van der Waals surface area contributed by atoms with Crippen LogP contribution >= 0.6 is 15.9 Å². The van der Waals surface area contributed by atoms with Crippen LogP contribution in [0.1, 0.15) is 5.56 Å². The number of benzene rings is 2. The van der Waals surface area contributed by atoms with Gasteiger partial charge < -0.3 is 14.5 Å². The number of carbonyl (C=O) groups is 1. The van der Waals surface area contributed by atoms with Crippen LogP contribution in [0.4, 0.5) is 5.69 Å². The van der Waals surface area contributed by atoms with Gasteiger partial charge in [-0.25, -0.2) is 0 Å². The van der Waals surface area contributed by atoms with Crippen LogP contribution in [-0.2, 0) is 11.2 Å². The molecule has 1 amide bonds. The van der Waals surface area contributed by atoms with Gasteiger partial charge in [0.2, 0.25) is 5.91 Å². The SMILES string of the molecule is COc1ccc(N2CCN(C(=O)Cc3ccccc3Br)CC2)cc1. The van der Waals surface area contributed by atoms with Crippen LogP contribution in [0, 0.1) is 0 Å². The monoisotopic (exact) mass is 388 g/mol. The van der Waals surface area contributed by atoms with E-state index >= 15 is 0 Å². The minimum atomic E-state index is 0.191. The molecule has 126 valence electrons. The molecule has 24 heavy (non-hydrogen) atoms. The first-order valence-electron chi connectivity index (χ1n) is 8.07. The normalized spacial score (nSPS) is 14.6. The smallest absolute Gasteiger partial charge is 0.227 e. The molecule has 0 radical (unpaired) electrons. The lowest BCUT2D eigenvalue weighted by Gasteiger charge is -2.36. The molecule has 1 aliphatic heterocycles. The van der Waals surface area contributed by atoms with Crippen molar-refractivity contribution in [1.29, 1.82) is 0 Å². The van der Waals surface area contributed by atoms with Gasteiger partial charge in [0.15, 0.2) is 0 Å². The van der Waals surface area contributed by atoms with E-state index < -0.39 is 0 Å². The number of rotatable bonds is 4. The molecule has 1 saturated heterocycles. The molecule has 0 bridgehead atoms. The van der Waals surface area contributed by atoms with Crippen molar-refractivity contribution in [3.8, 4) is 5.75 Å². The number of halogens is 1. The molecule has 5 heteroatoms. The summed E-state index contributed by atoms with van der Waals surface area (Å²) in [7, 11) is 1.67. The summed E-state index contributed by atoms with van der Waals surface area (Å²) in [5.74, 6) is 1.05. The topological polar surface area (TPSA) is 32.8 Å². The van der Waals surface area contributed by atoms with Gasteiger partial charge in [-0.3, -0.25) is 4.79 Å². The van der Waals surface area contributed by atoms with Crippen LogP contribution in [-0.4, -0.2) is 44.1 Å². The highest BCUT2D eigenvalue weighted by Crippen LogP contribution is 2.21. The van der Waals surface area contributed by atoms with Gasteiger partial charge >= 0.3 is 0 Å². The van der Waals surface area contributed by atoms with E-state index in [4.69, 9.17) is 4.74 Å². The van der Waals surface area contributed by atoms with Crippen LogP contribution in [0.25, 0.3) is 0 Å². The number of carbonyl (C=O) groups excluding carboxylic acids is 1. The zero-order chi connectivity index (χ0) is 16.9. The average molecular weight is 389 g/mol. The Bertz CT molecular complexity index is 695. The van der Waals surface area contributed by atoms with Crippen molar-refractivity contribution in [1.82, 2.24) is 4.90 Å². The van der Waals surface area contributed by atoms with E-state index in [1.807, 2.05) is 41.3 Å².